The summed E-state index contributed by atoms with van der Waals surface area (Å²) in [5, 5.41) is 5.36. The van der Waals surface area contributed by atoms with Gasteiger partial charge in [0.15, 0.2) is 0 Å². The van der Waals surface area contributed by atoms with Crippen LogP contribution in [-0.4, -0.2) is 17.9 Å². The Morgan fingerprint density at radius 2 is 1.88 bits per heavy atom. The van der Waals surface area contributed by atoms with Gasteiger partial charge in [-0.25, -0.2) is 0 Å². The number of hydrogen-bond donors (Lipinski definition) is 2. The predicted octanol–water partition coefficient (Wildman–Crippen LogP) is 0.754. The maximum absolute atomic E-state index is 11.3. The minimum absolute atomic E-state index is 0.200. The molecule has 0 aromatic heterocycles. The van der Waals surface area contributed by atoms with E-state index < -0.39 is 0 Å². The van der Waals surface area contributed by atoms with Gasteiger partial charge in [-0.05, 0) is 17.5 Å². The molecule has 1 aliphatic rings. The van der Waals surface area contributed by atoms with Crippen LogP contribution in [0.15, 0.2) is 24.3 Å². The maximum atomic E-state index is 11.3. The molecule has 0 spiro atoms. The summed E-state index contributed by atoms with van der Waals surface area (Å²) in [5.74, 6) is -0.422. The Kier molecular flexibility index (Phi) is 3.54. The number of carbonyl (C=O) groups is 2. The number of amides is 2. The average molecular weight is 232 g/mol. The fourth-order valence-electron chi connectivity index (χ4n) is 1.85. The molecule has 1 aliphatic heterocycles. The summed E-state index contributed by atoms with van der Waals surface area (Å²) in [6.07, 6.45) is 1.26. The van der Waals surface area contributed by atoms with Crippen LogP contribution < -0.4 is 10.6 Å². The van der Waals surface area contributed by atoms with Crippen molar-refractivity contribution < 1.29 is 9.59 Å². The Labute approximate surface area is 100 Å². The molecule has 1 heterocycles. The molecule has 1 atom stereocenters. The van der Waals surface area contributed by atoms with E-state index in [0.29, 0.717) is 6.54 Å². The zero-order valence-corrected chi connectivity index (χ0v) is 9.82. The Morgan fingerprint density at radius 3 is 2.41 bits per heavy atom. The van der Waals surface area contributed by atoms with Crippen LogP contribution in [0.25, 0.3) is 0 Å². The van der Waals surface area contributed by atoms with Gasteiger partial charge in [-0.2, -0.15) is 0 Å². The van der Waals surface area contributed by atoms with E-state index in [9.17, 15) is 9.59 Å². The first-order valence-electron chi connectivity index (χ1n) is 5.84. The molecule has 0 bridgehead atoms. The summed E-state index contributed by atoms with van der Waals surface area (Å²) in [6, 6.07) is 7.86. The molecule has 4 nitrogen and oxygen atoms in total. The van der Waals surface area contributed by atoms with Crippen molar-refractivity contribution in [1.82, 2.24) is 10.6 Å². The Morgan fingerprint density at radius 1 is 1.24 bits per heavy atom. The van der Waals surface area contributed by atoms with Crippen LogP contribution in [0.1, 0.15) is 24.5 Å². The van der Waals surface area contributed by atoms with Crippen LogP contribution in [0, 0.1) is 0 Å². The topological polar surface area (TPSA) is 58.2 Å². The lowest BCUT2D eigenvalue weighted by molar-refractivity contribution is -0.125. The third kappa shape index (κ3) is 2.91. The predicted molar refractivity (Wildman–Crippen MR) is 64.2 cm³/mol. The number of carbonyl (C=O) groups excluding carboxylic acids is 2. The fraction of sp³-hybridized carbons (Fsp3) is 0.385. The molecule has 1 aromatic rings. The first-order valence-corrected chi connectivity index (χ1v) is 5.84. The highest BCUT2D eigenvalue weighted by atomic mass is 16.2. The molecule has 0 aliphatic carbocycles. The van der Waals surface area contributed by atoms with Gasteiger partial charge in [0.2, 0.25) is 11.8 Å². The first kappa shape index (κ1) is 11.8. The van der Waals surface area contributed by atoms with Gasteiger partial charge >= 0.3 is 0 Å². The molecule has 1 saturated heterocycles. The fourth-order valence-corrected chi connectivity index (χ4v) is 1.85. The zero-order chi connectivity index (χ0) is 12.3. The summed E-state index contributed by atoms with van der Waals surface area (Å²) < 4.78 is 0. The second-order valence-corrected chi connectivity index (χ2v) is 4.22. The number of benzene rings is 1. The Hall–Kier alpha value is -1.68. The van der Waals surface area contributed by atoms with Gasteiger partial charge in [0.1, 0.15) is 0 Å². The van der Waals surface area contributed by atoms with Gasteiger partial charge in [0.25, 0.3) is 0 Å². The normalized spacial score (nSPS) is 19.5. The molecular weight excluding hydrogens is 216 g/mol. The Bertz CT molecular complexity index is 426. The van der Waals surface area contributed by atoms with E-state index in [1.165, 1.54) is 5.56 Å². The summed E-state index contributed by atoms with van der Waals surface area (Å²) in [7, 11) is 0. The van der Waals surface area contributed by atoms with Crippen LogP contribution in [0.4, 0.5) is 0 Å². The smallest absolute Gasteiger partial charge is 0.244 e. The molecule has 4 heteroatoms. The largest absolute Gasteiger partial charge is 0.301 e. The van der Waals surface area contributed by atoms with E-state index in [4.69, 9.17) is 0 Å². The van der Waals surface area contributed by atoms with Gasteiger partial charge in [-0.15, -0.1) is 0 Å². The van der Waals surface area contributed by atoms with E-state index in [-0.39, 0.29) is 24.3 Å². The first-order chi connectivity index (χ1) is 8.19. The van der Waals surface area contributed by atoms with Crippen molar-refractivity contribution in [3.63, 3.8) is 0 Å². The lowest BCUT2D eigenvalue weighted by Crippen LogP contribution is -2.35. The molecule has 2 amide bonds. The molecule has 90 valence electrons. The van der Waals surface area contributed by atoms with Crippen molar-refractivity contribution in [3.05, 3.63) is 35.4 Å². The van der Waals surface area contributed by atoms with Gasteiger partial charge in [0.05, 0.1) is 12.5 Å². The molecule has 1 unspecified atom stereocenters. The zero-order valence-electron chi connectivity index (χ0n) is 9.82. The van der Waals surface area contributed by atoms with Gasteiger partial charge in [0, 0.05) is 6.54 Å². The summed E-state index contributed by atoms with van der Waals surface area (Å²) in [6.45, 7) is 2.72. The highest BCUT2D eigenvalue weighted by Gasteiger charge is 2.29. The Balaban J connectivity index is 1.89. The average Bonchev–Trinajstić information content (AvgIpc) is 2.66. The molecule has 1 fully saturated rings. The summed E-state index contributed by atoms with van der Waals surface area (Å²) in [5.41, 5.74) is 2.41. The van der Waals surface area contributed by atoms with Gasteiger partial charge < -0.3 is 5.32 Å². The van der Waals surface area contributed by atoms with Crippen LogP contribution in [-0.2, 0) is 22.6 Å². The van der Waals surface area contributed by atoms with Crippen molar-refractivity contribution in [2.45, 2.75) is 32.4 Å². The van der Waals surface area contributed by atoms with E-state index in [0.717, 1.165) is 12.0 Å². The lowest BCUT2D eigenvalue weighted by atomic mass is 10.1. The van der Waals surface area contributed by atoms with Crippen molar-refractivity contribution in [2.24, 2.45) is 0 Å². The second kappa shape index (κ2) is 5.10. The van der Waals surface area contributed by atoms with Gasteiger partial charge in [-0.3, -0.25) is 14.9 Å². The monoisotopic (exact) mass is 232 g/mol. The third-order valence-corrected chi connectivity index (χ3v) is 2.95. The maximum Gasteiger partial charge on any atom is 0.244 e. The molecule has 2 rings (SSSR count). The minimum atomic E-state index is -0.381. The third-order valence-electron chi connectivity index (χ3n) is 2.95. The van der Waals surface area contributed by atoms with Crippen molar-refractivity contribution >= 4 is 11.8 Å². The number of hydrogen-bond acceptors (Lipinski definition) is 3. The standard InChI is InChI=1S/C13H16N2O2/c1-2-9-3-5-10(6-4-9)8-14-11-7-12(16)15-13(11)17/h3-6,11,14H,2,7-8H2,1H3,(H,15,16,17). The minimum Gasteiger partial charge on any atom is -0.301 e. The molecular formula is C13H16N2O2. The SMILES string of the molecule is CCc1ccc(CNC2CC(=O)NC2=O)cc1. The van der Waals surface area contributed by atoms with Crippen molar-refractivity contribution in [2.75, 3.05) is 0 Å². The molecule has 1 aromatic carbocycles. The highest BCUT2D eigenvalue weighted by molar-refractivity contribution is 6.05. The summed E-state index contributed by atoms with van der Waals surface area (Å²) in [4.78, 5) is 22.3. The van der Waals surface area contributed by atoms with Crippen LogP contribution in [0.5, 0.6) is 0 Å². The van der Waals surface area contributed by atoms with Crippen molar-refractivity contribution in [1.29, 1.82) is 0 Å². The quantitative estimate of drug-likeness (QED) is 0.753. The van der Waals surface area contributed by atoms with Gasteiger partial charge in [-0.1, -0.05) is 31.2 Å². The number of imide groups is 1. The number of rotatable bonds is 4. The number of aryl methyl sites for hydroxylation is 1. The molecule has 0 radical (unpaired) electrons. The summed E-state index contributed by atoms with van der Waals surface area (Å²) >= 11 is 0. The molecule has 0 saturated carbocycles. The highest BCUT2D eigenvalue weighted by Crippen LogP contribution is 2.07. The van der Waals surface area contributed by atoms with E-state index in [1.807, 2.05) is 12.1 Å². The van der Waals surface area contributed by atoms with Crippen LogP contribution in [0.3, 0.4) is 0 Å². The van der Waals surface area contributed by atoms with E-state index in [1.54, 1.807) is 0 Å². The van der Waals surface area contributed by atoms with E-state index in [2.05, 4.69) is 29.7 Å². The van der Waals surface area contributed by atoms with Crippen LogP contribution >= 0.6 is 0 Å². The molecule has 17 heavy (non-hydrogen) atoms. The molecule has 2 N–H and O–H groups in total. The van der Waals surface area contributed by atoms with Crippen molar-refractivity contribution in [3.8, 4) is 0 Å². The van der Waals surface area contributed by atoms with E-state index >= 15 is 0 Å². The lowest BCUT2D eigenvalue weighted by Gasteiger charge is -2.09. The second-order valence-electron chi connectivity index (χ2n) is 4.22. The van der Waals surface area contributed by atoms with Crippen LogP contribution in [0.2, 0.25) is 0 Å². The number of nitrogens with one attached hydrogen (secondary N) is 2.